The predicted molar refractivity (Wildman–Crippen MR) is 126 cm³/mol. The minimum atomic E-state index is -0.705. The highest BCUT2D eigenvalue weighted by Crippen LogP contribution is 2.53. The second-order valence-corrected chi connectivity index (χ2v) is 10.2. The molecular weight excluding hydrogens is 464 g/mol. The lowest BCUT2D eigenvalue weighted by atomic mass is 9.83. The van der Waals surface area contributed by atoms with Gasteiger partial charge in [-0.2, -0.15) is 0 Å². The molecule has 2 amide bonds. The molecule has 3 heterocycles. The number of carbonyl (C=O) groups is 2. The van der Waals surface area contributed by atoms with Gasteiger partial charge in [0.05, 0.1) is 21.6 Å². The van der Waals surface area contributed by atoms with Crippen LogP contribution in [0.3, 0.4) is 0 Å². The molecule has 1 saturated heterocycles. The van der Waals surface area contributed by atoms with E-state index in [9.17, 15) is 24.5 Å². The number of imide groups is 1. The van der Waals surface area contributed by atoms with E-state index >= 15 is 0 Å². The first-order chi connectivity index (χ1) is 15.8. The lowest BCUT2D eigenvalue weighted by molar-refractivity contribution is -0.384. The minimum Gasteiger partial charge on any atom is -0.378 e. The first kappa shape index (κ1) is 21.4. The maximum atomic E-state index is 13.6. The lowest BCUT2D eigenvalue weighted by Gasteiger charge is -2.30. The molecule has 0 saturated carbocycles. The molecule has 0 unspecified atom stereocenters. The molecule has 2 aliphatic heterocycles. The van der Waals surface area contributed by atoms with E-state index in [1.165, 1.54) is 36.0 Å². The number of aromatic nitrogens is 1. The zero-order valence-corrected chi connectivity index (χ0v) is 19.2. The van der Waals surface area contributed by atoms with E-state index in [0.29, 0.717) is 10.7 Å². The molecule has 33 heavy (non-hydrogen) atoms. The molecule has 3 atom stereocenters. The van der Waals surface area contributed by atoms with Gasteiger partial charge in [0.1, 0.15) is 5.25 Å². The molecular formula is C22H18N4O5S2. The van der Waals surface area contributed by atoms with Crippen LogP contribution in [0.4, 0.5) is 17.1 Å². The third-order valence-electron chi connectivity index (χ3n) is 5.91. The first-order valence-corrected chi connectivity index (χ1v) is 11.7. The van der Waals surface area contributed by atoms with Crippen molar-refractivity contribution in [2.24, 2.45) is 5.92 Å². The van der Waals surface area contributed by atoms with Crippen molar-refractivity contribution in [2.75, 3.05) is 23.9 Å². The Morgan fingerprint density at radius 1 is 1.00 bits per heavy atom. The second-order valence-electron chi connectivity index (χ2n) is 8.02. The molecule has 1 fully saturated rings. The summed E-state index contributed by atoms with van der Waals surface area (Å²) in [5.41, 5.74) is 2.01. The Balaban J connectivity index is 1.59. The summed E-state index contributed by atoms with van der Waals surface area (Å²) in [7, 11) is 3.86. The fraction of sp³-hybridized carbons (Fsp3) is 0.227. The number of rotatable bonds is 4. The van der Waals surface area contributed by atoms with Gasteiger partial charge < -0.3 is 9.88 Å². The maximum Gasteiger partial charge on any atom is 0.305 e. The summed E-state index contributed by atoms with van der Waals surface area (Å²) in [4.78, 5) is 56.0. The van der Waals surface area contributed by atoms with E-state index in [1.54, 1.807) is 0 Å². The standard InChI is InChI=1S/C22H18N4O5S2/c1-24(2)12-5-3-11(4-6-12)15-16-18(32-19-17(15)33-22(29)23-19)21(28)25(20(16)27)13-7-9-14(10-8-13)26(30)31/h3-10,15-16,18H,1-2H3,(H,23,29)/t15-,16-,18+/m0/s1. The van der Waals surface area contributed by atoms with Crippen LogP contribution in [-0.4, -0.2) is 41.1 Å². The van der Waals surface area contributed by atoms with Gasteiger partial charge in [0.25, 0.3) is 5.69 Å². The van der Waals surface area contributed by atoms with E-state index in [-0.39, 0.29) is 16.5 Å². The van der Waals surface area contributed by atoms with E-state index in [1.807, 2.05) is 43.3 Å². The van der Waals surface area contributed by atoms with Crippen LogP contribution in [0.5, 0.6) is 0 Å². The van der Waals surface area contributed by atoms with Crippen LogP contribution in [0, 0.1) is 16.0 Å². The smallest absolute Gasteiger partial charge is 0.305 e. The van der Waals surface area contributed by atoms with Gasteiger partial charge in [0, 0.05) is 42.7 Å². The number of fused-ring (bicyclic) bond motifs is 2. The van der Waals surface area contributed by atoms with Crippen molar-refractivity contribution in [1.29, 1.82) is 0 Å². The molecule has 3 aromatic rings. The summed E-state index contributed by atoms with van der Waals surface area (Å²) in [6.07, 6.45) is 0. The number of thiazole rings is 1. The zero-order chi connectivity index (χ0) is 23.4. The molecule has 0 aliphatic carbocycles. The predicted octanol–water partition coefficient (Wildman–Crippen LogP) is 3.21. The maximum absolute atomic E-state index is 13.6. The lowest BCUT2D eigenvalue weighted by Crippen LogP contribution is -2.32. The summed E-state index contributed by atoms with van der Waals surface area (Å²) in [5.74, 6) is -1.91. The fourth-order valence-corrected chi connectivity index (χ4v) is 6.85. The number of nitrogens with one attached hydrogen (secondary N) is 1. The van der Waals surface area contributed by atoms with Crippen molar-refractivity contribution in [3.8, 4) is 0 Å². The van der Waals surface area contributed by atoms with Gasteiger partial charge in [0.15, 0.2) is 0 Å². The van der Waals surface area contributed by atoms with E-state index in [4.69, 9.17) is 0 Å². The molecule has 0 spiro atoms. The Hall–Kier alpha value is -3.44. The van der Waals surface area contributed by atoms with Crippen LogP contribution in [0.25, 0.3) is 0 Å². The highest BCUT2D eigenvalue weighted by molar-refractivity contribution is 8.00. The highest BCUT2D eigenvalue weighted by Gasteiger charge is 2.56. The summed E-state index contributed by atoms with van der Waals surface area (Å²) in [6.45, 7) is 0. The molecule has 1 aromatic heterocycles. The zero-order valence-electron chi connectivity index (χ0n) is 17.6. The number of anilines is 2. The number of hydrogen-bond donors (Lipinski definition) is 1. The van der Waals surface area contributed by atoms with E-state index in [2.05, 4.69) is 4.98 Å². The average molecular weight is 483 g/mol. The minimum absolute atomic E-state index is 0.122. The molecule has 11 heteroatoms. The van der Waals surface area contributed by atoms with Gasteiger partial charge >= 0.3 is 4.87 Å². The van der Waals surface area contributed by atoms with Crippen molar-refractivity contribution in [3.05, 3.63) is 78.8 Å². The number of thioether (sulfide) groups is 1. The quantitative estimate of drug-likeness (QED) is 0.345. The van der Waals surface area contributed by atoms with Crippen LogP contribution in [0.1, 0.15) is 16.4 Å². The van der Waals surface area contributed by atoms with Crippen LogP contribution < -0.4 is 14.7 Å². The topological polar surface area (TPSA) is 117 Å². The monoisotopic (exact) mass is 482 g/mol. The average Bonchev–Trinajstić information content (AvgIpc) is 3.28. The number of benzene rings is 2. The van der Waals surface area contributed by atoms with Gasteiger partial charge in [0.2, 0.25) is 11.8 Å². The van der Waals surface area contributed by atoms with Gasteiger partial charge in [-0.1, -0.05) is 35.2 Å². The van der Waals surface area contributed by atoms with Crippen LogP contribution in [0.15, 0.2) is 58.4 Å². The second kappa shape index (κ2) is 7.85. The Kier molecular flexibility index (Phi) is 5.09. The molecule has 2 aliphatic rings. The number of aromatic amines is 1. The number of nitro benzene ring substituents is 1. The number of H-pyrrole nitrogens is 1. The number of non-ortho nitro benzene ring substituents is 1. The summed E-state index contributed by atoms with van der Waals surface area (Å²) in [5, 5.41) is 10.9. The largest absolute Gasteiger partial charge is 0.378 e. The Morgan fingerprint density at radius 2 is 1.67 bits per heavy atom. The third-order valence-corrected chi connectivity index (χ3v) is 8.31. The molecule has 9 nitrogen and oxygen atoms in total. The summed E-state index contributed by atoms with van der Waals surface area (Å²) in [6, 6.07) is 13.1. The molecule has 5 rings (SSSR count). The number of carbonyl (C=O) groups excluding carboxylic acids is 2. The van der Waals surface area contributed by atoms with Gasteiger partial charge in [-0.25, -0.2) is 4.90 Å². The Labute approximate surface area is 196 Å². The van der Waals surface area contributed by atoms with Crippen molar-refractivity contribution >= 4 is 52.0 Å². The molecule has 1 N–H and O–H groups in total. The SMILES string of the molecule is CN(C)c1ccc([C@@H]2c3sc(=O)[nH]c3S[C@H]3C(=O)N(c4ccc([N+](=O)[O-])cc4)C(=O)[C@@H]23)cc1. The first-order valence-electron chi connectivity index (χ1n) is 10.1. The van der Waals surface area contributed by atoms with Crippen molar-refractivity contribution in [3.63, 3.8) is 0 Å². The van der Waals surface area contributed by atoms with Crippen molar-refractivity contribution in [2.45, 2.75) is 16.2 Å². The van der Waals surface area contributed by atoms with Crippen molar-refractivity contribution in [1.82, 2.24) is 4.98 Å². The number of hydrogen-bond acceptors (Lipinski definition) is 8. The normalized spacial score (nSPS) is 21.6. The van der Waals surface area contributed by atoms with Gasteiger partial charge in [-0.15, -0.1) is 0 Å². The fourth-order valence-electron chi connectivity index (χ4n) is 4.33. The molecule has 0 bridgehead atoms. The van der Waals surface area contributed by atoms with Crippen LogP contribution >= 0.6 is 23.1 Å². The molecule has 0 radical (unpaired) electrons. The third kappa shape index (κ3) is 3.44. The van der Waals surface area contributed by atoms with E-state index < -0.39 is 27.9 Å². The Morgan fingerprint density at radius 3 is 2.27 bits per heavy atom. The number of nitro groups is 1. The van der Waals surface area contributed by atoms with Crippen molar-refractivity contribution < 1.29 is 14.5 Å². The van der Waals surface area contributed by atoms with E-state index in [0.717, 1.165) is 32.4 Å². The van der Waals surface area contributed by atoms with Crippen LogP contribution in [-0.2, 0) is 9.59 Å². The molecule has 2 aromatic carbocycles. The van der Waals surface area contributed by atoms with Crippen LogP contribution in [0.2, 0.25) is 0 Å². The van der Waals surface area contributed by atoms with Gasteiger partial charge in [-0.3, -0.25) is 24.5 Å². The Bertz CT molecular complexity index is 1330. The molecule has 168 valence electrons. The highest BCUT2D eigenvalue weighted by atomic mass is 32.2. The number of amides is 2. The van der Waals surface area contributed by atoms with Gasteiger partial charge in [-0.05, 0) is 29.8 Å². The summed E-state index contributed by atoms with van der Waals surface area (Å²) < 4.78 is 0. The summed E-state index contributed by atoms with van der Waals surface area (Å²) >= 11 is 2.26. The number of nitrogens with zero attached hydrogens (tertiary/aromatic N) is 3.